The lowest BCUT2D eigenvalue weighted by Gasteiger charge is -2.14. The van der Waals surface area contributed by atoms with Crippen molar-refractivity contribution in [3.05, 3.63) is 48.2 Å². The Kier molecular flexibility index (Phi) is 4.97. The van der Waals surface area contributed by atoms with Crippen LogP contribution in [0.1, 0.15) is 38.3 Å². The number of anilines is 2. The summed E-state index contributed by atoms with van der Waals surface area (Å²) in [4.78, 5) is 23.2. The van der Waals surface area contributed by atoms with Crippen molar-refractivity contribution >= 4 is 29.4 Å². The lowest BCUT2D eigenvalue weighted by Crippen LogP contribution is -2.16. The van der Waals surface area contributed by atoms with Gasteiger partial charge in [-0.25, -0.2) is 4.68 Å². The van der Waals surface area contributed by atoms with E-state index in [2.05, 4.69) is 22.7 Å². The fourth-order valence-corrected chi connectivity index (χ4v) is 2.74. The molecule has 1 heterocycles. The molecular formula is C19H22N4O2. The van der Waals surface area contributed by atoms with Crippen molar-refractivity contribution < 1.29 is 9.59 Å². The number of amides is 2. The van der Waals surface area contributed by atoms with Gasteiger partial charge in [-0.05, 0) is 49.5 Å². The molecule has 1 fully saturated rings. The summed E-state index contributed by atoms with van der Waals surface area (Å²) in [6, 6.07) is 9.39. The monoisotopic (exact) mass is 338 g/mol. The van der Waals surface area contributed by atoms with E-state index in [4.69, 9.17) is 0 Å². The molecule has 2 aromatic rings. The zero-order valence-electron chi connectivity index (χ0n) is 14.4. The van der Waals surface area contributed by atoms with Crippen molar-refractivity contribution in [1.82, 2.24) is 9.78 Å². The number of benzene rings is 1. The van der Waals surface area contributed by atoms with Gasteiger partial charge in [0, 0.05) is 24.8 Å². The van der Waals surface area contributed by atoms with Crippen LogP contribution < -0.4 is 10.6 Å². The Bertz CT molecular complexity index is 788. The molecule has 6 heteroatoms. The molecule has 0 bridgehead atoms. The smallest absolute Gasteiger partial charge is 0.249 e. The SMILES string of the molecule is CC(=O)Nc1ccc(/C=C/C(=O)Nc2ccnn2C(C)C2CC2)cc1. The molecule has 2 amide bonds. The standard InChI is InChI=1S/C19H22N4O2/c1-13(16-6-7-16)23-18(11-12-20-23)22-19(25)10-5-15-3-8-17(9-4-15)21-14(2)24/h3-5,8-13,16H,6-7H2,1-2H3,(H,21,24)(H,22,25)/b10-5+. The number of nitrogens with zero attached hydrogens (tertiary/aromatic N) is 2. The van der Waals surface area contributed by atoms with E-state index in [-0.39, 0.29) is 11.8 Å². The zero-order chi connectivity index (χ0) is 17.8. The largest absolute Gasteiger partial charge is 0.326 e. The molecule has 0 saturated heterocycles. The third-order valence-electron chi connectivity index (χ3n) is 4.27. The minimum Gasteiger partial charge on any atom is -0.326 e. The van der Waals surface area contributed by atoms with Gasteiger partial charge < -0.3 is 10.6 Å². The number of carbonyl (C=O) groups is 2. The minimum absolute atomic E-state index is 0.111. The van der Waals surface area contributed by atoms with Crippen molar-refractivity contribution in [3.63, 3.8) is 0 Å². The number of nitrogens with one attached hydrogen (secondary N) is 2. The maximum Gasteiger partial charge on any atom is 0.249 e. The highest BCUT2D eigenvalue weighted by Crippen LogP contribution is 2.40. The summed E-state index contributed by atoms with van der Waals surface area (Å²) in [7, 11) is 0. The lowest BCUT2D eigenvalue weighted by atomic mass is 10.2. The summed E-state index contributed by atoms with van der Waals surface area (Å²) in [5, 5.41) is 9.91. The zero-order valence-corrected chi connectivity index (χ0v) is 14.4. The first-order chi connectivity index (χ1) is 12.0. The molecule has 0 aliphatic heterocycles. The number of carbonyl (C=O) groups excluding carboxylic acids is 2. The molecule has 1 atom stereocenters. The van der Waals surface area contributed by atoms with Crippen molar-refractivity contribution in [2.75, 3.05) is 10.6 Å². The van der Waals surface area contributed by atoms with Gasteiger partial charge in [-0.1, -0.05) is 12.1 Å². The Balaban J connectivity index is 1.60. The Morgan fingerprint density at radius 2 is 1.92 bits per heavy atom. The Morgan fingerprint density at radius 1 is 1.20 bits per heavy atom. The van der Waals surface area contributed by atoms with Gasteiger partial charge in [0.15, 0.2) is 0 Å². The van der Waals surface area contributed by atoms with E-state index in [0.717, 1.165) is 17.1 Å². The van der Waals surface area contributed by atoms with Gasteiger partial charge >= 0.3 is 0 Å². The van der Waals surface area contributed by atoms with Gasteiger partial charge in [0.1, 0.15) is 5.82 Å². The fraction of sp³-hybridized carbons (Fsp3) is 0.316. The summed E-state index contributed by atoms with van der Waals surface area (Å²) in [6.45, 7) is 3.60. The van der Waals surface area contributed by atoms with Gasteiger partial charge in [-0.3, -0.25) is 9.59 Å². The first-order valence-corrected chi connectivity index (χ1v) is 8.43. The average Bonchev–Trinajstić information content (AvgIpc) is 3.33. The average molecular weight is 338 g/mol. The van der Waals surface area contributed by atoms with Crippen molar-refractivity contribution in [2.24, 2.45) is 5.92 Å². The van der Waals surface area contributed by atoms with Gasteiger partial charge in [0.05, 0.1) is 12.2 Å². The molecule has 0 spiro atoms. The van der Waals surface area contributed by atoms with Crippen molar-refractivity contribution in [3.8, 4) is 0 Å². The number of rotatable bonds is 6. The van der Waals surface area contributed by atoms with Crippen LogP contribution in [0.15, 0.2) is 42.6 Å². The molecule has 3 rings (SSSR count). The summed E-state index contributed by atoms with van der Waals surface area (Å²) in [5.74, 6) is 1.07. The molecular weight excluding hydrogens is 316 g/mol. The van der Waals surface area contributed by atoms with E-state index < -0.39 is 0 Å². The molecule has 130 valence electrons. The molecule has 6 nitrogen and oxygen atoms in total. The highest BCUT2D eigenvalue weighted by molar-refractivity contribution is 6.01. The topological polar surface area (TPSA) is 76.0 Å². The molecule has 1 aromatic carbocycles. The van der Waals surface area contributed by atoms with Crippen molar-refractivity contribution in [1.29, 1.82) is 0 Å². The Labute approximate surface area is 146 Å². The third-order valence-corrected chi connectivity index (χ3v) is 4.27. The van der Waals surface area contributed by atoms with Crippen LogP contribution in [0.4, 0.5) is 11.5 Å². The first kappa shape index (κ1) is 17.0. The Hall–Kier alpha value is -2.89. The van der Waals surface area contributed by atoms with Crippen LogP contribution in [0.3, 0.4) is 0 Å². The summed E-state index contributed by atoms with van der Waals surface area (Å²) in [6.07, 6.45) is 7.38. The predicted octanol–water partition coefficient (Wildman–Crippen LogP) is 3.46. The molecule has 0 radical (unpaired) electrons. The third kappa shape index (κ3) is 4.56. The highest BCUT2D eigenvalue weighted by atomic mass is 16.2. The summed E-state index contributed by atoms with van der Waals surface area (Å²) in [5.41, 5.74) is 1.61. The van der Waals surface area contributed by atoms with Gasteiger partial charge in [-0.15, -0.1) is 0 Å². The number of hydrogen-bond acceptors (Lipinski definition) is 3. The molecule has 1 aromatic heterocycles. The van der Waals surface area contributed by atoms with Gasteiger partial charge in [0.2, 0.25) is 11.8 Å². The van der Waals surface area contributed by atoms with Gasteiger partial charge in [0.25, 0.3) is 0 Å². The normalized spacial score (nSPS) is 15.1. The van der Waals surface area contributed by atoms with Crippen LogP contribution in [0.25, 0.3) is 6.08 Å². The molecule has 1 aliphatic rings. The van der Waals surface area contributed by atoms with Crippen LogP contribution in [-0.2, 0) is 9.59 Å². The van der Waals surface area contributed by atoms with Crippen LogP contribution in [-0.4, -0.2) is 21.6 Å². The maximum atomic E-state index is 12.2. The number of aromatic nitrogens is 2. The lowest BCUT2D eigenvalue weighted by molar-refractivity contribution is -0.114. The van der Waals surface area contributed by atoms with E-state index in [1.54, 1.807) is 24.4 Å². The van der Waals surface area contributed by atoms with Crippen LogP contribution in [0, 0.1) is 5.92 Å². The van der Waals surface area contributed by atoms with Crippen LogP contribution >= 0.6 is 0 Å². The molecule has 1 unspecified atom stereocenters. The second kappa shape index (κ2) is 7.34. The molecule has 2 N–H and O–H groups in total. The van der Waals surface area contributed by atoms with Crippen LogP contribution in [0.5, 0.6) is 0 Å². The minimum atomic E-state index is -0.198. The molecule has 1 saturated carbocycles. The first-order valence-electron chi connectivity index (χ1n) is 8.43. The highest BCUT2D eigenvalue weighted by Gasteiger charge is 2.30. The van der Waals surface area contributed by atoms with E-state index >= 15 is 0 Å². The number of hydrogen-bond donors (Lipinski definition) is 2. The van der Waals surface area contributed by atoms with Gasteiger partial charge in [-0.2, -0.15) is 5.10 Å². The predicted molar refractivity (Wildman–Crippen MR) is 98.1 cm³/mol. The van der Waals surface area contributed by atoms with Crippen LogP contribution in [0.2, 0.25) is 0 Å². The summed E-state index contributed by atoms with van der Waals surface area (Å²) < 4.78 is 1.88. The maximum absolute atomic E-state index is 12.2. The second-order valence-electron chi connectivity index (χ2n) is 6.36. The quantitative estimate of drug-likeness (QED) is 0.792. The van der Waals surface area contributed by atoms with E-state index in [1.165, 1.54) is 25.8 Å². The fourth-order valence-electron chi connectivity index (χ4n) is 2.74. The molecule has 25 heavy (non-hydrogen) atoms. The Morgan fingerprint density at radius 3 is 2.56 bits per heavy atom. The van der Waals surface area contributed by atoms with E-state index in [0.29, 0.717) is 12.0 Å². The van der Waals surface area contributed by atoms with E-state index in [9.17, 15) is 9.59 Å². The van der Waals surface area contributed by atoms with Crippen molar-refractivity contribution in [2.45, 2.75) is 32.7 Å². The summed E-state index contributed by atoms with van der Waals surface area (Å²) >= 11 is 0. The van der Waals surface area contributed by atoms with E-state index in [1.807, 2.05) is 22.9 Å². The molecule has 1 aliphatic carbocycles. The second-order valence-corrected chi connectivity index (χ2v) is 6.36.